The lowest BCUT2D eigenvalue weighted by Crippen LogP contribution is -2.11. The fourth-order valence-electron chi connectivity index (χ4n) is 2.20. The maximum atomic E-state index is 4.75. The minimum absolute atomic E-state index is 0.275. The van der Waals surface area contributed by atoms with E-state index in [4.69, 9.17) is 4.98 Å². The zero-order valence-corrected chi connectivity index (χ0v) is 13.5. The van der Waals surface area contributed by atoms with Crippen molar-refractivity contribution in [1.29, 1.82) is 0 Å². The molecule has 0 aliphatic rings. The van der Waals surface area contributed by atoms with Gasteiger partial charge in [-0.25, -0.2) is 14.6 Å². The molecule has 2 aromatic rings. The number of hydrogen-bond acceptors (Lipinski definition) is 5. The van der Waals surface area contributed by atoms with Gasteiger partial charge in [-0.3, -0.25) is 0 Å². The molecule has 114 valence electrons. The van der Waals surface area contributed by atoms with Gasteiger partial charge in [0.15, 0.2) is 0 Å². The highest BCUT2D eigenvalue weighted by molar-refractivity contribution is 5.65. The third-order valence-corrected chi connectivity index (χ3v) is 3.32. The zero-order chi connectivity index (χ0) is 15.4. The summed E-state index contributed by atoms with van der Waals surface area (Å²) in [6.45, 7) is 12.1. The van der Waals surface area contributed by atoms with Gasteiger partial charge in [-0.15, -0.1) is 5.10 Å². The van der Waals surface area contributed by atoms with Crippen LogP contribution in [0.2, 0.25) is 0 Å². The van der Waals surface area contributed by atoms with Gasteiger partial charge >= 0.3 is 0 Å². The molecule has 0 unspecified atom stereocenters. The Hall–Kier alpha value is -1.98. The van der Waals surface area contributed by atoms with Gasteiger partial charge in [0, 0.05) is 24.6 Å². The van der Waals surface area contributed by atoms with E-state index in [1.165, 1.54) is 0 Å². The molecule has 0 aliphatic carbocycles. The van der Waals surface area contributed by atoms with Crippen LogP contribution in [0.15, 0.2) is 6.20 Å². The zero-order valence-electron chi connectivity index (χ0n) is 13.5. The molecule has 2 rings (SSSR count). The van der Waals surface area contributed by atoms with E-state index in [2.05, 4.69) is 48.3 Å². The number of aromatic nitrogens is 5. The second-order valence-electron chi connectivity index (χ2n) is 5.43. The third kappa shape index (κ3) is 3.20. The van der Waals surface area contributed by atoms with E-state index in [1.54, 1.807) is 6.20 Å². The number of rotatable bonds is 6. The van der Waals surface area contributed by atoms with Gasteiger partial charge in [0.05, 0.1) is 11.9 Å². The fourth-order valence-corrected chi connectivity index (χ4v) is 2.20. The molecule has 0 amide bonds. The first-order chi connectivity index (χ1) is 10.1. The lowest BCUT2D eigenvalue weighted by atomic mass is 10.1. The number of aryl methyl sites for hydroxylation is 1. The van der Waals surface area contributed by atoms with E-state index in [-0.39, 0.29) is 5.92 Å². The molecular formula is C15H24N6. The minimum atomic E-state index is 0.275. The third-order valence-electron chi connectivity index (χ3n) is 3.32. The highest BCUT2D eigenvalue weighted by atomic mass is 15.4. The number of hydrogen-bond donors (Lipinski definition) is 1. The minimum Gasteiger partial charge on any atom is -0.370 e. The number of nitrogens with one attached hydrogen (secondary N) is 1. The second-order valence-corrected chi connectivity index (χ2v) is 5.43. The lowest BCUT2D eigenvalue weighted by molar-refractivity contribution is 0.582. The van der Waals surface area contributed by atoms with Gasteiger partial charge in [-0.2, -0.15) is 0 Å². The van der Waals surface area contributed by atoms with Crippen molar-refractivity contribution in [2.75, 3.05) is 11.9 Å². The van der Waals surface area contributed by atoms with E-state index in [0.29, 0.717) is 0 Å². The molecular weight excluding hydrogens is 264 g/mol. The predicted octanol–water partition coefficient (Wildman–Crippen LogP) is 3.01. The molecule has 21 heavy (non-hydrogen) atoms. The highest BCUT2D eigenvalue weighted by Gasteiger charge is 2.17. The molecule has 0 saturated carbocycles. The standard InChI is InChI=1S/C15H24N6/c1-6-8-21-12(9-17-20-21)13-11(5)15(16-7-2)19-14(18-13)10(3)4/h9-10H,6-8H2,1-5H3,(H,16,18,19). The van der Waals surface area contributed by atoms with Gasteiger partial charge in [-0.1, -0.05) is 26.0 Å². The molecule has 2 aromatic heterocycles. The molecule has 0 bridgehead atoms. The molecule has 0 radical (unpaired) electrons. The molecule has 0 fully saturated rings. The molecule has 0 saturated heterocycles. The number of nitrogens with zero attached hydrogens (tertiary/aromatic N) is 5. The smallest absolute Gasteiger partial charge is 0.134 e. The average molecular weight is 288 g/mol. The van der Waals surface area contributed by atoms with Crippen LogP contribution < -0.4 is 5.32 Å². The topological polar surface area (TPSA) is 68.5 Å². The van der Waals surface area contributed by atoms with E-state index in [0.717, 1.165) is 48.1 Å². The summed E-state index contributed by atoms with van der Waals surface area (Å²) in [4.78, 5) is 9.38. The predicted molar refractivity (Wildman–Crippen MR) is 84.3 cm³/mol. The van der Waals surface area contributed by atoms with Crippen molar-refractivity contribution >= 4 is 5.82 Å². The molecule has 1 N–H and O–H groups in total. The Balaban J connectivity index is 2.58. The summed E-state index contributed by atoms with van der Waals surface area (Å²) in [6, 6.07) is 0. The Bertz CT molecular complexity index is 602. The molecule has 0 atom stereocenters. The van der Waals surface area contributed by atoms with Crippen LogP contribution in [0.3, 0.4) is 0 Å². The summed E-state index contributed by atoms with van der Waals surface area (Å²) in [5.74, 6) is 2.02. The first-order valence-corrected chi connectivity index (χ1v) is 7.59. The summed E-state index contributed by atoms with van der Waals surface area (Å²) < 4.78 is 1.91. The molecule has 0 aliphatic heterocycles. The van der Waals surface area contributed by atoms with Crippen molar-refractivity contribution in [2.45, 2.75) is 53.5 Å². The Kier molecular flexibility index (Phi) is 4.88. The first kappa shape index (κ1) is 15.4. The second kappa shape index (κ2) is 6.65. The van der Waals surface area contributed by atoms with Crippen LogP contribution in [0.1, 0.15) is 51.4 Å². The Morgan fingerprint density at radius 3 is 2.62 bits per heavy atom. The fraction of sp³-hybridized carbons (Fsp3) is 0.600. The SMILES string of the molecule is CCCn1nncc1-c1nc(C(C)C)nc(NCC)c1C. The van der Waals surface area contributed by atoms with E-state index in [9.17, 15) is 0 Å². The van der Waals surface area contributed by atoms with Crippen molar-refractivity contribution in [3.63, 3.8) is 0 Å². The van der Waals surface area contributed by atoms with Crippen molar-refractivity contribution in [3.05, 3.63) is 17.6 Å². The molecule has 0 spiro atoms. The molecule has 0 aromatic carbocycles. The van der Waals surface area contributed by atoms with Gasteiger partial charge in [0.2, 0.25) is 0 Å². The maximum absolute atomic E-state index is 4.75. The number of anilines is 1. The Labute approximate surface area is 126 Å². The molecule has 2 heterocycles. The van der Waals surface area contributed by atoms with Crippen LogP contribution in [-0.2, 0) is 6.54 Å². The van der Waals surface area contributed by atoms with Gasteiger partial charge < -0.3 is 5.32 Å². The van der Waals surface area contributed by atoms with E-state index >= 15 is 0 Å². The van der Waals surface area contributed by atoms with Gasteiger partial charge in [-0.05, 0) is 20.3 Å². The van der Waals surface area contributed by atoms with Gasteiger partial charge in [0.1, 0.15) is 17.3 Å². The van der Waals surface area contributed by atoms with Crippen LogP contribution in [0, 0.1) is 6.92 Å². The summed E-state index contributed by atoms with van der Waals surface area (Å²) >= 11 is 0. The van der Waals surface area contributed by atoms with Crippen molar-refractivity contribution < 1.29 is 0 Å². The van der Waals surface area contributed by atoms with Crippen molar-refractivity contribution in [3.8, 4) is 11.4 Å². The lowest BCUT2D eigenvalue weighted by Gasteiger charge is -2.15. The van der Waals surface area contributed by atoms with Gasteiger partial charge in [0.25, 0.3) is 0 Å². The quantitative estimate of drug-likeness (QED) is 0.885. The van der Waals surface area contributed by atoms with Crippen LogP contribution in [0.4, 0.5) is 5.82 Å². The van der Waals surface area contributed by atoms with E-state index < -0.39 is 0 Å². The van der Waals surface area contributed by atoms with Crippen LogP contribution >= 0.6 is 0 Å². The monoisotopic (exact) mass is 288 g/mol. The Morgan fingerprint density at radius 2 is 2.00 bits per heavy atom. The van der Waals surface area contributed by atoms with Crippen LogP contribution in [-0.4, -0.2) is 31.5 Å². The summed E-state index contributed by atoms with van der Waals surface area (Å²) in [6.07, 6.45) is 2.79. The first-order valence-electron chi connectivity index (χ1n) is 7.59. The van der Waals surface area contributed by atoms with Crippen molar-refractivity contribution in [2.24, 2.45) is 0 Å². The highest BCUT2D eigenvalue weighted by Crippen LogP contribution is 2.27. The van der Waals surface area contributed by atoms with Crippen molar-refractivity contribution in [1.82, 2.24) is 25.0 Å². The summed E-state index contributed by atoms with van der Waals surface area (Å²) in [7, 11) is 0. The molecule has 6 heteroatoms. The summed E-state index contributed by atoms with van der Waals surface area (Å²) in [5.41, 5.74) is 2.92. The molecule has 6 nitrogen and oxygen atoms in total. The van der Waals surface area contributed by atoms with Crippen LogP contribution in [0.25, 0.3) is 11.4 Å². The summed E-state index contributed by atoms with van der Waals surface area (Å²) in [5, 5.41) is 11.5. The van der Waals surface area contributed by atoms with E-state index in [1.807, 2.05) is 11.6 Å². The Morgan fingerprint density at radius 1 is 1.24 bits per heavy atom. The van der Waals surface area contributed by atoms with Crippen LogP contribution in [0.5, 0.6) is 0 Å². The normalized spacial score (nSPS) is 11.1. The largest absolute Gasteiger partial charge is 0.370 e. The average Bonchev–Trinajstić information content (AvgIpc) is 2.89. The maximum Gasteiger partial charge on any atom is 0.134 e.